The topological polar surface area (TPSA) is 12.9 Å². The molecule has 0 unspecified atom stereocenters. The third kappa shape index (κ3) is 1.79. The van der Waals surface area contributed by atoms with E-state index in [1.54, 1.807) is 0 Å². The molecule has 0 saturated carbocycles. The maximum absolute atomic E-state index is 12.6. The monoisotopic (exact) mass is 187 g/mol. The second-order valence-electron chi connectivity index (χ2n) is 3.16. The van der Waals surface area contributed by atoms with E-state index in [0.29, 0.717) is 5.69 Å². The Labute approximate surface area is 81.9 Å². The quantitative estimate of drug-likeness (QED) is 0.665. The first-order chi connectivity index (χ1) is 6.75. The molecule has 0 aliphatic heterocycles. The van der Waals surface area contributed by atoms with E-state index in [-0.39, 0.29) is 5.83 Å². The Hall–Kier alpha value is -1.70. The first-order valence-electron chi connectivity index (χ1n) is 4.45. The molecule has 0 atom stereocenters. The minimum Gasteiger partial charge on any atom is -0.248 e. The summed E-state index contributed by atoms with van der Waals surface area (Å²) in [4.78, 5) is 4.30. The highest BCUT2D eigenvalue weighted by Gasteiger charge is 1.95. The van der Waals surface area contributed by atoms with Gasteiger partial charge in [-0.3, -0.25) is 0 Å². The van der Waals surface area contributed by atoms with Gasteiger partial charge in [0.05, 0.1) is 17.0 Å². The van der Waals surface area contributed by atoms with Gasteiger partial charge in [0.2, 0.25) is 0 Å². The van der Waals surface area contributed by atoms with Crippen LogP contribution in [0.3, 0.4) is 0 Å². The summed E-state index contributed by atoms with van der Waals surface area (Å²) in [5, 5.41) is 1.07. The Morgan fingerprint density at radius 3 is 2.79 bits per heavy atom. The van der Waals surface area contributed by atoms with Crippen molar-refractivity contribution < 1.29 is 4.39 Å². The number of rotatable bonds is 1. The Kier molecular flexibility index (Phi) is 2.27. The van der Waals surface area contributed by atoms with E-state index < -0.39 is 0 Å². The van der Waals surface area contributed by atoms with E-state index in [4.69, 9.17) is 0 Å². The minimum atomic E-state index is -0.229. The fourth-order valence-corrected chi connectivity index (χ4v) is 1.37. The summed E-state index contributed by atoms with van der Waals surface area (Å²) in [6.07, 6.45) is 1.42. The number of para-hydroxylation sites is 1. The van der Waals surface area contributed by atoms with Gasteiger partial charge in [-0.25, -0.2) is 9.37 Å². The van der Waals surface area contributed by atoms with Crippen LogP contribution in [0.1, 0.15) is 12.6 Å². The molecule has 0 N–H and O–H groups in total. The third-order valence-electron chi connectivity index (χ3n) is 1.97. The highest BCUT2D eigenvalue weighted by atomic mass is 19.1. The Bertz CT molecular complexity index is 484. The first kappa shape index (κ1) is 8.88. The standard InChI is InChI=1S/C12H10FN/c1-9(13)8-11-7-6-10-4-2-3-5-12(10)14-11/h2-8H,1H3. The third-order valence-corrected chi connectivity index (χ3v) is 1.97. The highest BCUT2D eigenvalue weighted by molar-refractivity contribution is 5.79. The van der Waals surface area contributed by atoms with Crippen molar-refractivity contribution in [3.8, 4) is 0 Å². The van der Waals surface area contributed by atoms with Gasteiger partial charge in [-0.05, 0) is 25.1 Å². The van der Waals surface area contributed by atoms with Crippen molar-refractivity contribution in [1.29, 1.82) is 0 Å². The zero-order chi connectivity index (χ0) is 9.97. The number of halogens is 1. The molecule has 70 valence electrons. The molecule has 0 fully saturated rings. The van der Waals surface area contributed by atoms with Crippen LogP contribution in [0.5, 0.6) is 0 Å². The molecule has 1 heterocycles. The molecule has 2 rings (SSSR count). The smallest absolute Gasteiger partial charge is 0.0990 e. The zero-order valence-corrected chi connectivity index (χ0v) is 7.87. The molecule has 0 bridgehead atoms. The number of fused-ring (bicyclic) bond motifs is 1. The predicted octanol–water partition coefficient (Wildman–Crippen LogP) is 3.57. The Morgan fingerprint density at radius 1 is 1.21 bits per heavy atom. The lowest BCUT2D eigenvalue weighted by Gasteiger charge is -1.97. The number of benzene rings is 1. The number of hydrogen-bond acceptors (Lipinski definition) is 1. The van der Waals surface area contributed by atoms with Gasteiger partial charge in [0, 0.05) is 5.39 Å². The number of pyridine rings is 1. The molecule has 1 aromatic carbocycles. The van der Waals surface area contributed by atoms with Crippen LogP contribution in [-0.4, -0.2) is 4.98 Å². The average molecular weight is 187 g/mol. The highest BCUT2D eigenvalue weighted by Crippen LogP contribution is 2.13. The van der Waals surface area contributed by atoms with Crippen LogP contribution < -0.4 is 0 Å². The fraction of sp³-hybridized carbons (Fsp3) is 0.0833. The van der Waals surface area contributed by atoms with Gasteiger partial charge in [-0.15, -0.1) is 0 Å². The van der Waals surface area contributed by atoms with Crippen LogP contribution in [0.4, 0.5) is 4.39 Å². The minimum absolute atomic E-state index is 0.229. The summed E-state index contributed by atoms with van der Waals surface area (Å²) >= 11 is 0. The molecule has 0 aliphatic rings. The normalized spacial score (nSPS) is 12.0. The molecule has 2 aromatic rings. The van der Waals surface area contributed by atoms with Crippen LogP contribution in [0.25, 0.3) is 17.0 Å². The maximum atomic E-state index is 12.6. The molecule has 14 heavy (non-hydrogen) atoms. The Balaban J connectivity index is 2.57. The van der Waals surface area contributed by atoms with Crippen molar-refractivity contribution in [3.63, 3.8) is 0 Å². The molecular formula is C12H10FN. The van der Waals surface area contributed by atoms with Crippen LogP contribution in [0.2, 0.25) is 0 Å². The Morgan fingerprint density at radius 2 is 2.00 bits per heavy atom. The lowest BCUT2D eigenvalue weighted by Crippen LogP contribution is -1.82. The summed E-state index contributed by atoms with van der Waals surface area (Å²) in [6.45, 7) is 1.41. The predicted molar refractivity (Wildman–Crippen MR) is 56.5 cm³/mol. The van der Waals surface area contributed by atoms with E-state index in [1.807, 2.05) is 36.4 Å². The molecule has 1 aromatic heterocycles. The molecule has 0 aliphatic carbocycles. The van der Waals surface area contributed by atoms with Gasteiger partial charge >= 0.3 is 0 Å². The van der Waals surface area contributed by atoms with Crippen molar-refractivity contribution in [2.75, 3.05) is 0 Å². The van der Waals surface area contributed by atoms with Crippen molar-refractivity contribution in [2.24, 2.45) is 0 Å². The molecule has 2 heteroatoms. The van der Waals surface area contributed by atoms with E-state index in [1.165, 1.54) is 13.0 Å². The first-order valence-corrected chi connectivity index (χ1v) is 4.45. The largest absolute Gasteiger partial charge is 0.248 e. The van der Waals surface area contributed by atoms with Crippen LogP contribution in [0, 0.1) is 0 Å². The summed E-state index contributed by atoms with van der Waals surface area (Å²) in [5.74, 6) is -0.229. The van der Waals surface area contributed by atoms with E-state index in [2.05, 4.69) is 4.98 Å². The van der Waals surface area contributed by atoms with Gasteiger partial charge in [0.25, 0.3) is 0 Å². The lowest BCUT2D eigenvalue weighted by atomic mass is 10.2. The van der Waals surface area contributed by atoms with Gasteiger partial charge in [0.15, 0.2) is 0 Å². The second kappa shape index (κ2) is 3.58. The van der Waals surface area contributed by atoms with E-state index in [9.17, 15) is 4.39 Å². The van der Waals surface area contributed by atoms with Crippen molar-refractivity contribution in [1.82, 2.24) is 4.98 Å². The van der Waals surface area contributed by atoms with E-state index >= 15 is 0 Å². The van der Waals surface area contributed by atoms with E-state index in [0.717, 1.165) is 10.9 Å². The lowest BCUT2D eigenvalue weighted by molar-refractivity contribution is 0.648. The molecule has 0 spiro atoms. The summed E-state index contributed by atoms with van der Waals surface area (Å²) in [7, 11) is 0. The summed E-state index contributed by atoms with van der Waals surface area (Å²) in [5.41, 5.74) is 1.55. The molecule has 0 amide bonds. The SMILES string of the molecule is CC(F)=Cc1ccc2ccccc2n1. The molecule has 0 saturated heterocycles. The number of hydrogen-bond donors (Lipinski definition) is 0. The van der Waals surface area contributed by atoms with Crippen molar-refractivity contribution in [3.05, 3.63) is 47.9 Å². The maximum Gasteiger partial charge on any atom is 0.0990 e. The number of aromatic nitrogens is 1. The second-order valence-corrected chi connectivity index (χ2v) is 3.16. The molecule has 0 radical (unpaired) electrons. The van der Waals surface area contributed by atoms with Gasteiger partial charge in [-0.1, -0.05) is 24.3 Å². The molecule has 1 nitrogen and oxygen atoms in total. The van der Waals surface area contributed by atoms with Gasteiger partial charge < -0.3 is 0 Å². The summed E-state index contributed by atoms with van der Waals surface area (Å²) in [6, 6.07) is 11.5. The fourth-order valence-electron chi connectivity index (χ4n) is 1.37. The van der Waals surface area contributed by atoms with Crippen LogP contribution in [0.15, 0.2) is 42.2 Å². The number of allylic oxidation sites excluding steroid dienone is 1. The van der Waals surface area contributed by atoms with Crippen LogP contribution in [-0.2, 0) is 0 Å². The van der Waals surface area contributed by atoms with Crippen molar-refractivity contribution in [2.45, 2.75) is 6.92 Å². The number of nitrogens with zero attached hydrogens (tertiary/aromatic N) is 1. The van der Waals surface area contributed by atoms with Gasteiger partial charge in [-0.2, -0.15) is 0 Å². The summed E-state index contributed by atoms with van der Waals surface area (Å²) < 4.78 is 12.6. The molecular weight excluding hydrogens is 177 g/mol. The van der Waals surface area contributed by atoms with Crippen LogP contribution >= 0.6 is 0 Å². The zero-order valence-electron chi connectivity index (χ0n) is 7.87. The average Bonchev–Trinajstić information content (AvgIpc) is 2.17. The van der Waals surface area contributed by atoms with Gasteiger partial charge in [0.1, 0.15) is 0 Å². The van der Waals surface area contributed by atoms with Crippen molar-refractivity contribution >= 4 is 17.0 Å².